The van der Waals surface area contributed by atoms with Gasteiger partial charge in [-0.3, -0.25) is 0 Å². The van der Waals surface area contributed by atoms with E-state index in [1.165, 1.54) is 0 Å². The molecule has 3 rings (SSSR count). The lowest BCUT2D eigenvalue weighted by atomic mass is 9.90. The summed E-state index contributed by atoms with van der Waals surface area (Å²) in [6.07, 6.45) is 1.72. The van der Waals surface area contributed by atoms with E-state index in [-0.39, 0.29) is 12.0 Å². The Morgan fingerprint density at radius 3 is 2.78 bits per heavy atom. The number of aryl methyl sites for hydroxylation is 2. The van der Waals surface area contributed by atoms with Gasteiger partial charge in [0.05, 0.1) is 17.6 Å². The molecule has 0 radical (unpaired) electrons. The van der Waals surface area contributed by atoms with Crippen molar-refractivity contribution in [3.8, 4) is 0 Å². The molecule has 128 valence electrons. The van der Waals surface area contributed by atoms with Crippen molar-refractivity contribution >= 4 is 10.0 Å². The first-order valence-corrected chi connectivity index (χ1v) is 9.70. The van der Waals surface area contributed by atoms with E-state index in [1.807, 2.05) is 26.0 Å². The second-order valence-corrected chi connectivity index (χ2v) is 8.55. The highest BCUT2D eigenvalue weighted by molar-refractivity contribution is 7.89. The average molecular weight is 339 g/mol. The minimum atomic E-state index is -3.55. The maximum absolute atomic E-state index is 13.2. The van der Waals surface area contributed by atoms with Crippen LogP contribution in [0.2, 0.25) is 0 Å². The molecule has 0 bridgehead atoms. The van der Waals surface area contributed by atoms with E-state index >= 15 is 0 Å². The molecule has 0 aromatic heterocycles. The Morgan fingerprint density at radius 2 is 2.04 bits per heavy atom. The molecule has 2 fully saturated rings. The number of aliphatic hydroxyl groups excluding tert-OH is 1. The molecular weight excluding hydrogens is 314 g/mol. The first-order chi connectivity index (χ1) is 10.9. The van der Waals surface area contributed by atoms with Gasteiger partial charge >= 0.3 is 0 Å². The molecule has 1 N–H and O–H groups in total. The van der Waals surface area contributed by atoms with Crippen LogP contribution in [0.3, 0.4) is 0 Å². The molecule has 0 aliphatic carbocycles. The van der Waals surface area contributed by atoms with Crippen LogP contribution in [0.15, 0.2) is 23.1 Å². The van der Waals surface area contributed by atoms with Crippen molar-refractivity contribution in [3.63, 3.8) is 0 Å². The van der Waals surface area contributed by atoms with E-state index in [1.54, 1.807) is 10.4 Å². The zero-order chi connectivity index (χ0) is 16.6. The van der Waals surface area contributed by atoms with E-state index in [2.05, 4.69) is 0 Å². The summed E-state index contributed by atoms with van der Waals surface area (Å²) >= 11 is 0. The smallest absolute Gasteiger partial charge is 0.243 e. The van der Waals surface area contributed by atoms with Crippen molar-refractivity contribution in [2.45, 2.75) is 50.2 Å². The molecule has 2 heterocycles. The van der Waals surface area contributed by atoms with Crippen LogP contribution in [0.4, 0.5) is 0 Å². The van der Waals surface area contributed by atoms with Gasteiger partial charge in [0.2, 0.25) is 10.0 Å². The third kappa shape index (κ3) is 3.18. The normalized spacial score (nSPS) is 29.8. The van der Waals surface area contributed by atoms with Crippen LogP contribution in [0, 0.1) is 19.8 Å². The Hall–Kier alpha value is -0.950. The molecule has 5 nitrogen and oxygen atoms in total. The number of aliphatic hydroxyl groups is 1. The van der Waals surface area contributed by atoms with Crippen LogP contribution in [0.25, 0.3) is 0 Å². The van der Waals surface area contributed by atoms with Gasteiger partial charge in [0.15, 0.2) is 0 Å². The summed E-state index contributed by atoms with van der Waals surface area (Å²) in [5, 5.41) is 10.3. The first-order valence-electron chi connectivity index (χ1n) is 8.26. The molecule has 6 heteroatoms. The maximum atomic E-state index is 13.2. The Morgan fingerprint density at radius 1 is 1.26 bits per heavy atom. The zero-order valence-corrected chi connectivity index (χ0v) is 14.6. The Balaban J connectivity index is 1.93. The molecule has 1 aromatic rings. The highest BCUT2D eigenvalue weighted by Gasteiger charge is 2.43. The van der Waals surface area contributed by atoms with E-state index in [4.69, 9.17) is 4.74 Å². The van der Waals surface area contributed by atoms with Crippen molar-refractivity contribution in [2.75, 3.05) is 19.8 Å². The Labute approximate surface area is 138 Å². The van der Waals surface area contributed by atoms with Crippen molar-refractivity contribution in [2.24, 2.45) is 5.92 Å². The zero-order valence-electron chi connectivity index (χ0n) is 13.7. The number of hydrogen-bond acceptors (Lipinski definition) is 4. The van der Waals surface area contributed by atoms with Crippen LogP contribution in [-0.2, 0) is 14.8 Å². The minimum absolute atomic E-state index is 0.133. The summed E-state index contributed by atoms with van der Waals surface area (Å²) in [6.45, 7) is 5.23. The van der Waals surface area contributed by atoms with E-state index in [9.17, 15) is 13.5 Å². The fourth-order valence-corrected chi connectivity index (χ4v) is 5.77. The number of nitrogens with zero attached hydrogens (tertiary/aromatic N) is 1. The van der Waals surface area contributed by atoms with Crippen LogP contribution < -0.4 is 0 Å². The maximum Gasteiger partial charge on any atom is 0.243 e. The van der Waals surface area contributed by atoms with Crippen LogP contribution in [-0.4, -0.2) is 49.7 Å². The van der Waals surface area contributed by atoms with Crippen LogP contribution >= 0.6 is 0 Å². The van der Waals surface area contributed by atoms with Gasteiger partial charge in [0.1, 0.15) is 0 Å². The summed E-state index contributed by atoms with van der Waals surface area (Å²) in [5.74, 6) is -0.133. The minimum Gasteiger partial charge on any atom is -0.393 e. The van der Waals surface area contributed by atoms with Gasteiger partial charge in [-0.1, -0.05) is 12.1 Å². The Bertz CT molecular complexity index is 673. The number of sulfonamides is 1. The number of ether oxygens (including phenoxy) is 1. The molecular formula is C17H25NO4S. The van der Waals surface area contributed by atoms with Gasteiger partial charge in [-0.25, -0.2) is 8.42 Å². The van der Waals surface area contributed by atoms with Gasteiger partial charge in [0, 0.05) is 25.1 Å². The summed E-state index contributed by atoms with van der Waals surface area (Å²) in [4.78, 5) is 0.385. The number of hydrogen-bond donors (Lipinski definition) is 1. The predicted octanol–water partition coefficient (Wildman–Crippen LogP) is 1.85. The predicted molar refractivity (Wildman–Crippen MR) is 87.8 cm³/mol. The summed E-state index contributed by atoms with van der Waals surface area (Å²) in [7, 11) is -3.55. The number of rotatable bonds is 3. The van der Waals surface area contributed by atoms with Crippen molar-refractivity contribution in [1.29, 1.82) is 0 Å². The van der Waals surface area contributed by atoms with Gasteiger partial charge in [-0.15, -0.1) is 0 Å². The molecule has 1 aromatic carbocycles. The molecule has 0 saturated carbocycles. The second kappa shape index (κ2) is 6.51. The van der Waals surface area contributed by atoms with Crippen LogP contribution in [0.1, 0.15) is 30.4 Å². The number of benzene rings is 1. The molecule has 23 heavy (non-hydrogen) atoms. The van der Waals surface area contributed by atoms with Crippen LogP contribution in [0.5, 0.6) is 0 Å². The fraction of sp³-hybridized carbons (Fsp3) is 0.647. The second-order valence-electron chi connectivity index (χ2n) is 6.69. The topological polar surface area (TPSA) is 66.8 Å². The molecule has 0 amide bonds. The van der Waals surface area contributed by atoms with Gasteiger partial charge in [-0.05, 0) is 50.3 Å². The highest BCUT2D eigenvalue weighted by Crippen LogP contribution is 2.34. The van der Waals surface area contributed by atoms with Crippen molar-refractivity contribution in [3.05, 3.63) is 29.3 Å². The lowest BCUT2D eigenvalue weighted by Gasteiger charge is -2.36. The quantitative estimate of drug-likeness (QED) is 0.913. The molecule has 2 aliphatic heterocycles. The highest BCUT2D eigenvalue weighted by atomic mass is 32.2. The Kier molecular flexibility index (Phi) is 4.78. The summed E-state index contributed by atoms with van der Waals surface area (Å²) in [5.41, 5.74) is 1.70. The molecule has 2 saturated heterocycles. The van der Waals surface area contributed by atoms with E-state index in [0.717, 1.165) is 24.0 Å². The van der Waals surface area contributed by atoms with Crippen molar-refractivity contribution < 1.29 is 18.3 Å². The van der Waals surface area contributed by atoms with Gasteiger partial charge in [0.25, 0.3) is 0 Å². The van der Waals surface area contributed by atoms with E-state index in [0.29, 0.717) is 31.1 Å². The molecule has 2 aliphatic rings. The monoisotopic (exact) mass is 339 g/mol. The molecule has 3 atom stereocenters. The SMILES string of the molecule is Cc1ccc(C)c(S(=O)(=O)N2CCCC2C2COCCC2O)c1. The van der Waals surface area contributed by atoms with E-state index < -0.39 is 16.1 Å². The average Bonchev–Trinajstić information content (AvgIpc) is 3.00. The van der Waals surface area contributed by atoms with Crippen molar-refractivity contribution in [1.82, 2.24) is 4.31 Å². The third-order valence-corrected chi connectivity index (χ3v) is 7.10. The van der Waals surface area contributed by atoms with Gasteiger partial charge < -0.3 is 9.84 Å². The summed E-state index contributed by atoms with van der Waals surface area (Å²) < 4.78 is 33.4. The lowest BCUT2D eigenvalue weighted by molar-refractivity contribution is -0.0543. The molecule has 0 spiro atoms. The first kappa shape index (κ1) is 16.9. The molecule has 3 unspecified atom stereocenters. The summed E-state index contributed by atoms with van der Waals surface area (Å²) in [6, 6.07) is 5.35. The van der Waals surface area contributed by atoms with Gasteiger partial charge in [-0.2, -0.15) is 4.31 Å². The third-order valence-electron chi connectivity index (χ3n) is 5.04. The standard InChI is InChI=1S/C17H25NO4S/c1-12-5-6-13(2)17(10-12)23(20,21)18-8-3-4-15(18)14-11-22-9-7-16(14)19/h5-6,10,14-16,19H,3-4,7-9,11H2,1-2H3. The largest absolute Gasteiger partial charge is 0.393 e. The fourth-order valence-electron chi connectivity index (χ4n) is 3.72. The lowest BCUT2D eigenvalue weighted by Crippen LogP contribution is -2.48.